The highest BCUT2D eigenvalue weighted by Crippen LogP contribution is 2.27. The highest BCUT2D eigenvalue weighted by Gasteiger charge is 2.21. The molecule has 102 valence electrons. The number of carboxylic acids is 1. The molecule has 1 rings (SSSR count). The largest absolute Gasteiger partial charge is 0.480 e. The van der Waals surface area contributed by atoms with Crippen molar-refractivity contribution < 1.29 is 14.7 Å². The van der Waals surface area contributed by atoms with Crippen LogP contribution in [0.15, 0.2) is 24.8 Å². The molecule has 0 aromatic heterocycles. The van der Waals surface area contributed by atoms with Crippen LogP contribution in [0.5, 0.6) is 0 Å². The van der Waals surface area contributed by atoms with Crippen molar-refractivity contribution in [3.05, 3.63) is 44.0 Å². The molecule has 7 heteroatoms. The van der Waals surface area contributed by atoms with Crippen molar-refractivity contribution in [2.45, 2.75) is 0 Å². The average Bonchev–Trinajstić information content (AvgIpc) is 2.32. The second-order valence-corrected chi connectivity index (χ2v) is 5.54. The van der Waals surface area contributed by atoms with Crippen molar-refractivity contribution in [3.63, 3.8) is 0 Å². The molecule has 0 unspecified atom stereocenters. The summed E-state index contributed by atoms with van der Waals surface area (Å²) >= 11 is 13.7. The highest BCUT2D eigenvalue weighted by atomic mass is 127. The molecule has 19 heavy (non-hydrogen) atoms. The minimum absolute atomic E-state index is 0.130. The molecule has 0 spiro atoms. The third-order valence-corrected chi connectivity index (χ3v) is 4.18. The van der Waals surface area contributed by atoms with Gasteiger partial charge in [-0.2, -0.15) is 0 Å². The van der Waals surface area contributed by atoms with Gasteiger partial charge in [-0.3, -0.25) is 9.59 Å². The summed E-state index contributed by atoms with van der Waals surface area (Å²) in [5, 5.41) is 9.48. The Kier molecular flexibility index (Phi) is 6.09. The number of carboxylic acid groups (broad SMARTS) is 1. The van der Waals surface area contributed by atoms with Crippen LogP contribution >= 0.6 is 45.8 Å². The lowest BCUT2D eigenvalue weighted by molar-refractivity contribution is -0.137. The number of carbonyl (C=O) groups is 2. The normalized spacial score (nSPS) is 10.1. The summed E-state index contributed by atoms with van der Waals surface area (Å²) in [6.07, 6.45) is 1.46. The summed E-state index contributed by atoms with van der Waals surface area (Å²) in [4.78, 5) is 24.2. The van der Waals surface area contributed by atoms with E-state index in [1.54, 1.807) is 0 Å². The molecule has 4 nitrogen and oxygen atoms in total. The minimum atomic E-state index is -1.10. The van der Waals surface area contributed by atoms with Crippen LogP contribution < -0.4 is 0 Å². The predicted molar refractivity (Wildman–Crippen MR) is 82.9 cm³/mol. The Bertz CT molecular complexity index is 534. The Hall–Kier alpha value is -0.790. The lowest BCUT2D eigenvalue weighted by atomic mass is 10.2. The molecule has 0 radical (unpaired) electrons. The Balaban J connectivity index is 3.15. The van der Waals surface area contributed by atoms with Gasteiger partial charge >= 0.3 is 5.97 Å². The summed E-state index contributed by atoms with van der Waals surface area (Å²) in [5.74, 6) is -1.55. The van der Waals surface area contributed by atoms with Gasteiger partial charge in [0.15, 0.2) is 0 Å². The summed E-state index contributed by atoms with van der Waals surface area (Å²) < 4.78 is 0.535. The third kappa shape index (κ3) is 4.36. The van der Waals surface area contributed by atoms with Gasteiger partial charge in [-0.25, -0.2) is 0 Å². The highest BCUT2D eigenvalue weighted by molar-refractivity contribution is 14.1. The van der Waals surface area contributed by atoms with Crippen molar-refractivity contribution in [3.8, 4) is 0 Å². The van der Waals surface area contributed by atoms with Crippen LogP contribution in [0.25, 0.3) is 0 Å². The number of hydrogen-bond acceptors (Lipinski definition) is 2. The fraction of sp³-hybridized carbons (Fsp3) is 0.167. The number of aliphatic carboxylic acids is 1. The average molecular weight is 414 g/mol. The van der Waals surface area contributed by atoms with Crippen molar-refractivity contribution in [1.82, 2.24) is 4.90 Å². The van der Waals surface area contributed by atoms with Crippen molar-refractivity contribution >= 4 is 57.7 Å². The minimum Gasteiger partial charge on any atom is -0.480 e. The quantitative estimate of drug-likeness (QED) is 0.457. The topological polar surface area (TPSA) is 57.6 Å². The SMILES string of the molecule is C=CCN(CC(=O)O)C(=O)c1cc(Cl)cc(Cl)c1I. The second-order valence-electron chi connectivity index (χ2n) is 3.62. The maximum absolute atomic E-state index is 12.3. The van der Waals surface area contributed by atoms with Gasteiger partial charge in [-0.1, -0.05) is 29.3 Å². The molecule has 0 saturated carbocycles. The molecule has 1 aromatic carbocycles. The van der Waals surface area contributed by atoms with Gasteiger partial charge in [-0.05, 0) is 34.7 Å². The fourth-order valence-electron chi connectivity index (χ4n) is 1.42. The van der Waals surface area contributed by atoms with Crippen LogP contribution in [-0.2, 0) is 4.79 Å². The van der Waals surface area contributed by atoms with Crippen LogP contribution in [0, 0.1) is 3.57 Å². The molecular weight excluding hydrogens is 404 g/mol. The van der Waals surface area contributed by atoms with E-state index in [9.17, 15) is 9.59 Å². The van der Waals surface area contributed by atoms with Gasteiger partial charge in [0.2, 0.25) is 0 Å². The number of carbonyl (C=O) groups excluding carboxylic acids is 1. The van der Waals surface area contributed by atoms with E-state index < -0.39 is 18.4 Å². The van der Waals surface area contributed by atoms with Crippen LogP contribution in [0.3, 0.4) is 0 Å². The Labute approximate surface area is 134 Å². The third-order valence-electron chi connectivity index (χ3n) is 2.19. The molecule has 0 aliphatic rings. The summed E-state index contributed by atoms with van der Waals surface area (Å²) in [7, 11) is 0. The van der Waals surface area contributed by atoms with Gasteiger partial charge in [0, 0.05) is 15.1 Å². The maximum atomic E-state index is 12.3. The molecule has 1 amide bonds. The van der Waals surface area contributed by atoms with Crippen molar-refractivity contribution in [1.29, 1.82) is 0 Å². The lowest BCUT2D eigenvalue weighted by Crippen LogP contribution is -2.36. The van der Waals surface area contributed by atoms with E-state index in [2.05, 4.69) is 6.58 Å². The van der Waals surface area contributed by atoms with E-state index in [-0.39, 0.29) is 12.1 Å². The summed E-state index contributed by atoms with van der Waals surface area (Å²) in [5.41, 5.74) is 0.279. The number of benzene rings is 1. The zero-order valence-corrected chi connectivity index (χ0v) is 13.4. The molecule has 0 aliphatic heterocycles. The number of rotatable bonds is 5. The number of halogens is 3. The molecule has 0 heterocycles. The van der Waals surface area contributed by atoms with Crippen LogP contribution in [0.4, 0.5) is 0 Å². The van der Waals surface area contributed by atoms with E-state index in [1.165, 1.54) is 18.2 Å². The first-order valence-corrected chi connectivity index (χ1v) is 6.96. The zero-order valence-electron chi connectivity index (χ0n) is 9.70. The van der Waals surface area contributed by atoms with Crippen LogP contribution in [-0.4, -0.2) is 35.0 Å². The molecule has 0 saturated heterocycles. The predicted octanol–water partition coefficient (Wildman–Crippen LogP) is 3.31. The van der Waals surface area contributed by atoms with Crippen molar-refractivity contribution in [2.24, 2.45) is 0 Å². The Morgan fingerprint density at radius 2 is 2.05 bits per heavy atom. The smallest absolute Gasteiger partial charge is 0.323 e. The summed E-state index contributed by atoms with van der Waals surface area (Å²) in [6.45, 7) is 3.22. The number of amides is 1. The standard InChI is InChI=1S/C12H10Cl2INO3/c1-2-3-16(6-10(17)18)12(19)8-4-7(13)5-9(14)11(8)15/h2,4-5H,1,3,6H2,(H,17,18). The second kappa shape index (κ2) is 7.12. The van der Waals surface area contributed by atoms with Gasteiger partial charge in [0.25, 0.3) is 5.91 Å². The molecule has 0 atom stereocenters. The molecule has 0 fully saturated rings. The van der Waals surface area contributed by atoms with Crippen LogP contribution in [0.2, 0.25) is 10.0 Å². The van der Waals surface area contributed by atoms with Crippen LogP contribution in [0.1, 0.15) is 10.4 Å². The molecule has 0 bridgehead atoms. The van der Waals surface area contributed by atoms with E-state index in [0.717, 1.165) is 4.90 Å². The monoisotopic (exact) mass is 413 g/mol. The molecule has 0 aliphatic carbocycles. The molecular formula is C12H10Cl2INO3. The first kappa shape index (κ1) is 16.3. The van der Waals surface area contributed by atoms with Gasteiger partial charge < -0.3 is 10.0 Å². The van der Waals surface area contributed by atoms with E-state index in [1.807, 2.05) is 22.6 Å². The zero-order chi connectivity index (χ0) is 14.6. The number of hydrogen-bond donors (Lipinski definition) is 1. The van der Waals surface area contributed by atoms with Gasteiger partial charge in [0.1, 0.15) is 6.54 Å². The van der Waals surface area contributed by atoms with E-state index in [4.69, 9.17) is 28.3 Å². The summed E-state index contributed by atoms with van der Waals surface area (Å²) in [6, 6.07) is 2.99. The first-order valence-electron chi connectivity index (χ1n) is 5.13. The van der Waals surface area contributed by atoms with Gasteiger partial charge in [0.05, 0.1) is 10.6 Å². The molecule has 1 N–H and O–H groups in total. The first-order chi connectivity index (χ1) is 8.86. The maximum Gasteiger partial charge on any atom is 0.323 e. The number of nitrogens with zero attached hydrogens (tertiary/aromatic N) is 1. The van der Waals surface area contributed by atoms with Crippen molar-refractivity contribution in [2.75, 3.05) is 13.1 Å². The molecule has 1 aromatic rings. The Morgan fingerprint density at radius 3 is 2.58 bits per heavy atom. The fourth-order valence-corrected chi connectivity index (χ4v) is 2.46. The Morgan fingerprint density at radius 1 is 1.42 bits per heavy atom. The van der Waals surface area contributed by atoms with E-state index in [0.29, 0.717) is 13.6 Å². The van der Waals surface area contributed by atoms with E-state index >= 15 is 0 Å². The van der Waals surface area contributed by atoms with Gasteiger partial charge in [-0.15, -0.1) is 6.58 Å². The lowest BCUT2D eigenvalue weighted by Gasteiger charge is -2.20.